The summed E-state index contributed by atoms with van der Waals surface area (Å²) >= 11 is 1.28. The number of hydrogen-bond donors (Lipinski definition) is 0. The van der Waals surface area contributed by atoms with Gasteiger partial charge in [0.1, 0.15) is 4.88 Å². The fourth-order valence-corrected chi connectivity index (χ4v) is 3.50. The van der Waals surface area contributed by atoms with E-state index in [0.717, 1.165) is 24.5 Å². The summed E-state index contributed by atoms with van der Waals surface area (Å²) in [6.07, 6.45) is 2.17. The van der Waals surface area contributed by atoms with Crippen LogP contribution in [0, 0.1) is 0 Å². The maximum absolute atomic E-state index is 11.7. The van der Waals surface area contributed by atoms with Gasteiger partial charge in [0.2, 0.25) is 0 Å². The number of carbonyl (C=O) groups excluding carboxylic acids is 2. The van der Waals surface area contributed by atoms with E-state index < -0.39 is 5.97 Å². The van der Waals surface area contributed by atoms with E-state index in [2.05, 4.69) is 28.5 Å². The molecule has 0 spiro atoms. The normalized spacial score (nSPS) is 17.6. The highest BCUT2D eigenvalue weighted by molar-refractivity contribution is 7.17. The first-order valence-corrected chi connectivity index (χ1v) is 7.06. The Labute approximate surface area is 116 Å². The number of anilines is 1. The molecule has 0 unspecified atom stereocenters. The standard InChI is InChI=1S/C13H18N2O3S/c1-8(16)10-9(11(17)18-4)14-12(19-10)15-7-5-6-13(15,2)3/h5-7H2,1-4H3. The number of ketones is 1. The summed E-state index contributed by atoms with van der Waals surface area (Å²) in [6, 6.07) is 0. The van der Waals surface area contributed by atoms with Crippen LogP contribution in [0.2, 0.25) is 0 Å². The Kier molecular flexibility index (Phi) is 3.62. The SMILES string of the molecule is COC(=O)c1nc(N2CCCC2(C)C)sc1C(C)=O. The smallest absolute Gasteiger partial charge is 0.358 e. The molecule has 0 atom stereocenters. The predicted octanol–water partition coefficient (Wildman–Crippen LogP) is 2.51. The van der Waals surface area contributed by atoms with Crippen molar-refractivity contribution >= 4 is 28.2 Å². The van der Waals surface area contributed by atoms with E-state index in [1.807, 2.05) is 0 Å². The lowest BCUT2D eigenvalue weighted by atomic mass is 10.0. The first kappa shape index (κ1) is 14.0. The van der Waals surface area contributed by atoms with Crippen LogP contribution in [0.1, 0.15) is 53.8 Å². The molecule has 1 aliphatic heterocycles. The summed E-state index contributed by atoms with van der Waals surface area (Å²) in [7, 11) is 1.30. The topological polar surface area (TPSA) is 59.5 Å². The van der Waals surface area contributed by atoms with Crippen LogP contribution in [0.25, 0.3) is 0 Å². The summed E-state index contributed by atoms with van der Waals surface area (Å²) in [5, 5.41) is 0.730. The molecule has 1 aliphatic rings. The van der Waals surface area contributed by atoms with Gasteiger partial charge in [-0.1, -0.05) is 11.3 Å². The molecule has 0 aromatic carbocycles. The second-order valence-electron chi connectivity index (χ2n) is 5.29. The molecule has 1 aromatic heterocycles. The molecule has 0 aliphatic carbocycles. The van der Waals surface area contributed by atoms with Crippen LogP contribution in [0.3, 0.4) is 0 Å². The van der Waals surface area contributed by atoms with E-state index >= 15 is 0 Å². The van der Waals surface area contributed by atoms with Gasteiger partial charge in [0.25, 0.3) is 0 Å². The van der Waals surface area contributed by atoms with Crippen molar-refractivity contribution in [3.05, 3.63) is 10.6 Å². The van der Waals surface area contributed by atoms with E-state index in [1.54, 1.807) is 0 Å². The number of ether oxygens (including phenoxy) is 1. The average Bonchev–Trinajstić information content (AvgIpc) is 2.90. The van der Waals surface area contributed by atoms with Gasteiger partial charge in [-0.2, -0.15) is 0 Å². The van der Waals surface area contributed by atoms with Gasteiger partial charge in [0.15, 0.2) is 16.6 Å². The number of methoxy groups -OCH3 is 1. The molecule has 1 saturated heterocycles. The van der Waals surface area contributed by atoms with Crippen LogP contribution >= 0.6 is 11.3 Å². The zero-order valence-corrected chi connectivity index (χ0v) is 12.5. The molecule has 6 heteroatoms. The van der Waals surface area contributed by atoms with Crippen molar-refractivity contribution in [3.63, 3.8) is 0 Å². The molecule has 2 heterocycles. The van der Waals surface area contributed by atoms with E-state index in [0.29, 0.717) is 4.88 Å². The molecule has 19 heavy (non-hydrogen) atoms. The van der Waals surface area contributed by atoms with Crippen molar-refractivity contribution in [3.8, 4) is 0 Å². The lowest BCUT2D eigenvalue weighted by Crippen LogP contribution is -2.38. The van der Waals surface area contributed by atoms with Crippen molar-refractivity contribution in [2.45, 2.75) is 39.2 Å². The highest BCUT2D eigenvalue weighted by atomic mass is 32.1. The molecule has 1 aromatic rings. The summed E-state index contributed by atoms with van der Waals surface area (Å²) in [4.78, 5) is 30.2. The first-order chi connectivity index (χ1) is 8.86. The number of esters is 1. The fourth-order valence-electron chi connectivity index (χ4n) is 2.36. The Morgan fingerprint density at radius 2 is 2.11 bits per heavy atom. The van der Waals surface area contributed by atoms with E-state index in [9.17, 15) is 9.59 Å². The molecule has 0 N–H and O–H groups in total. The third-order valence-corrected chi connectivity index (χ3v) is 4.63. The van der Waals surface area contributed by atoms with Crippen LogP contribution in [0.15, 0.2) is 0 Å². The number of nitrogens with zero attached hydrogens (tertiary/aromatic N) is 2. The summed E-state index contributed by atoms with van der Waals surface area (Å²) in [5.74, 6) is -0.703. The quantitative estimate of drug-likeness (QED) is 0.629. The second-order valence-corrected chi connectivity index (χ2v) is 6.27. The monoisotopic (exact) mass is 282 g/mol. The lowest BCUT2D eigenvalue weighted by molar-refractivity contribution is 0.0591. The molecular formula is C13H18N2O3S. The molecule has 0 amide bonds. The molecule has 0 saturated carbocycles. The zero-order valence-electron chi connectivity index (χ0n) is 11.6. The fraction of sp³-hybridized carbons (Fsp3) is 0.615. The molecule has 0 radical (unpaired) electrons. The van der Waals surface area contributed by atoms with Crippen molar-refractivity contribution in [1.82, 2.24) is 4.98 Å². The van der Waals surface area contributed by atoms with Crippen molar-refractivity contribution < 1.29 is 14.3 Å². The molecular weight excluding hydrogens is 264 g/mol. The van der Waals surface area contributed by atoms with E-state index in [4.69, 9.17) is 0 Å². The third kappa shape index (κ3) is 2.49. The Morgan fingerprint density at radius 1 is 1.42 bits per heavy atom. The largest absolute Gasteiger partial charge is 0.464 e. The number of thiazole rings is 1. The minimum atomic E-state index is -0.551. The van der Waals surface area contributed by atoms with Crippen LogP contribution in [-0.2, 0) is 4.74 Å². The second kappa shape index (κ2) is 4.92. The summed E-state index contributed by atoms with van der Waals surface area (Å²) in [6.45, 7) is 6.64. The first-order valence-electron chi connectivity index (χ1n) is 6.24. The van der Waals surface area contributed by atoms with Crippen LogP contribution in [0.5, 0.6) is 0 Å². The van der Waals surface area contributed by atoms with E-state index in [1.165, 1.54) is 25.4 Å². The van der Waals surface area contributed by atoms with Gasteiger partial charge in [-0.05, 0) is 26.7 Å². The summed E-state index contributed by atoms with van der Waals surface area (Å²) < 4.78 is 4.69. The highest BCUT2D eigenvalue weighted by Crippen LogP contribution is 2.37. The third-order valence-electron chi connectivity index (χ3n) is 3.45. The Bertz CT molecular complexity index is 522. The van der Waals surface area contributed by atoms with Gasteiger partial charge >= 0.3 is 5.97 Å². The Balaban J connectivity index is 2.43. The van der Waals surface area contributed by atoms with Gasteiger partial charge in [-0.25, -0.2) is 9.78 Å². The molecule has 1 fully saturated rings. The number of rotatable bonds is 3. The minimum absolute atomic E-state index is 0.0132. The number of Topliss-reactive ketones (excluding diaryl/α,β-unsaturated/α-hetero) is 1. The van der Waals surface area contributed by atoms with Gasteiger partial charge < -0.3 is 9.64 Å². The lowest BCUT2D eigenvalue weighted by Gasteiger charge is -2.31. The van der Waals surface area contributed by atoms with Crippen LogP contribution in [-0.4, -0.2) is 35.9 Å². The van der Waals surface area contributed by atoms with Gasteiger partial charge in [0, 0.05) is 19.0 Å². The predicted molar refractivity (Wildman–Crippen MR) is 74.1 cm³/mol. The summed E-state index contributed by atoms with van der Waals surface area (Å²) in [5.41, 5.74) is 0.150. The number of hydrogen-bond acceptors (Lipinski definition) is 6. The zero-order chi connectivity index (χ0) is 14.2. The Morgan fingerprint density at radius 3 is 2.58 bits per heavy atom. The maximum atomic E-state index is 11.7. The van der Waals surface area contributed by atoms with E-state index in [-0.39, 0.29) is 17.0 Å². The van der Waals surface area contributed by atoms with Crippen molar-refractivity contribution in [2.24, 2.45) is 0 Å². The molecule has 5 nitrogen and oxygen atoms in total. The molecule has 104 valence electrons. The van der Waals surface area contributed by atoms with Crippen LogP contribution in [0.4, 0.5) is 5.13 Å². The van der Waals surface area contributed by atoms with Gasteiger partial charge in [-0.3, -0.25) is 4.79 Å². The molecule has 2 rings (SSSR count). The van der Waals surface area contributed by atoms with Crippen LogP contribution < -0.4 is 4.90 Å². The highest BCUT2D eigenvalue weighted by Gasteiger charge is 2.35. The number of carbonyl (C=O) groups is 2. The maximum Gasteiger partial charge on any atom is 0.358 e. The number of aromatic nitrogens is 1. The van der Waals surface area contributed by atoms with Crippen molar-refractivity contribution in [1.29, 1.82) is 0 Å². The van der Waals surface area contributed by atoms with Gasteiger partial charge in [0.05, 0.1) is 7.11 Å². The average molecular weight is 282 g/mol. The minimum Gasteiger partial charge on any atom is -0.464 e. The Hall–Kier alpha value is -1.43. The van der Waals surface area contributed by atoms with Gasteiger partial charge in [-0.15, -0.1) is 0 Å². The van der Waals surface area contributed by atoms with Crippen molar-refractivity contribution in [2.75, 3.05) is 18.6 Å². The molecule has 0 bridgehead atoms.